The van der Waals surface area contributed by atoms with Crippen molar-refractivity contribution in [3.8, 4) is 0 Å². The van der Waals surface area contributed by atoms with Gasteiger partial charge in [-0.1, -0.05) is 6.92 Å². The van der Waals surface area contributed by atoms with Gasteiger partial charge in [-0.15, -0.1) is 0 Å². The van der Waals surface area contributed by atoms with Crippen molar-refractivity contribution in [1.29, 1.82) is 0 Å². The molecule has 1 aliphatic heterocycles. The van der Waals surface area contributed by atoms with Crippen molar-refractivity contribution in [2.24, 2.45) is 5.92 Å². The predicted octanol–water partition coefficient (Wildman–Crippen LogP) is 3.82. The van der Waals surface area contributed by atoms with Gasteiger partial charge in [0.15, 0.2) is 0 Å². The van der Waals surface area contributed by atoms with Crippen LogP contribution in [0.1, 0.15) is 56.4 Å². The fourth-order valence-electron chi connectivity index (χ4n) is 3.33. The molecule has 1 heterocycles. The number of piperidine rings is 1. The molecular weight excluding hydrogens is 356 g/mol. The second-order valence-corrected chi connectivity index (χ2v) is 7.40. The number of nitrogens with zero attached hydrogens (tertiary/aromatic N) is 1. The van der Waals surface area contributed by atoms with Crippen LogP contribution in [-0.2, 0) is 0 Å². The lowest BCUT2D eigenvalue weighted by molar-refractivity contribution is 0.0688. The van der Waals surface area contributed by atoms with Gasteiger partial charge in [-0.3, -0.25) is 9.59 Å². The van der Waals surface area contributed by atoms with E-state index >= 15 is 0 Å². The fourth-order valence-corrected chi connectivity index (χ4v) is 3.33. The lowest BCUT2D eigenvalue weighted by Gasteiger charge is -2.30. The number of likely N-dealkylation sites (tertiary alicyclic amines) is 1. The van der Waals surface area contributed by atoms with Crippen LogP contribution in [0.25, 0.3) is 0 Å². The third-order valence-electron chi connectivity index (χ3n) is 5.05. The summed E-state index contributed by atoms with van der Waals surface area (Å²) in [6.07, 6.45) is 2.05. The van der Waals surface area contributed by atoms with Gasteiger partial charge in [-0.2, -0.15) is 0 Å². The number of anilines is 1. The Morgan fingerprint density at radius 1 is 0.964 bits per heavy atom. The number of carbonyl (C=O) groups excluding carboxylic acids is 2. The molecule has 28 heavy (non-hydrogen) atoms. The highest BCUT2D eigenvalue weighted by atomic mass is 16.4. The summed E-state index contributed by atoms with van der Waals surface area (Å²) < 4.78 is 0. The SMILES string of the molecule is Cc1cc(C(=O)O)cc(C(=O)Nc2ccc(C(=O)N3CCC(C)CC3)cc2)c1. The minimum absolute atomic E-state index is 0.00885. The first-order valence-electron chi connectivity index (χ1n) is 9.39. The number of aromatic carboxylic acids is 1. The molecule has 0 aliphatic carbocycles. The standard InChI is InChI=1S/C22H24N2O4/c1-14-7-9-24(10-8-14)21(26)16-3-5-19(6-4-16)23-20(25)17-11-15(2)12-18(13-17)22(27)28/h3-6,11-14H,7-10H2,1-2H3,(H,23,25)(H,27,28). The molecule has 2 aromatic rings. The van der Waals surface area contributed by atoms with Gasteiger partial charge in [-0.25, -0.2) is 4.79 Å². The van der Waals surface area contributed by atoms with E-state index in [2.05, 4.69) is 12.2 Å². The van der Waals surface area contributed by atoms with Gasteiger partial charge in [-0.05, 0) is 73.7 Å². The van der Waals surface area contributed by atoms with Gasteiger partial charge < -0.3 is 15.3 Å². The van der Waals surface area contributed by atoms with Crippen LogP contribution in [-0.4, -0.2) is 40.9 Å². The van der Waals surface area contributed by atoms with Crippen molar-refractivity contribution in [2.75, 3.05) is 18.4 Å². The highest BCUT2D eigenvalue weighted by Gasteiger charge is 2.21. The third kappa shape index (κ3) is 4.57. The van der Waals surface area contributed by atoms with Crippen molar-refractivity contribution in [1.82, 2.24) is 4.90 Å². The number of rotatable bonds is 4. The van der Waals surface area contributed by atoms with E-state index in [4.69, 9.17) is 5.11 Å². The average molecular weight is 380 g/mol. The van der Waals surface area contributed by atoms with Gasteiger partial charge in [0.1, 0.15) is 0 Å². The Hall–Kier alpha value is -3.15. The van der Waals surface area contributed by atoms with Gasteiger partial charge in [0.25, 0.3) is 11.8 Å². The highest BCUT2D eigenvalue weighted by molar-refractivity contribution is 6.06. The van der Waals surface area contributed by atoms with Crippen LogP contribution in [0.4, 0.5) is 5.69 Å². The van der Waals surface area contributed by atoms with E-state index in [1.165, 1.54) is 12.1 Å². The Labute approximate surface area is 164 Å². The molecule has 0 aromatic heterocycles. The minimum atomic E-state index is -1.08. The summed E-state index contributed by atoms with van der Waals surface area (Å²) in [6.45, 7) is 5.49. The lowest BCUT2D eigenvalue weighted by Crippen LogP contribution is -2.37. The molecule has 0 spiro atoms. The van der Waals surface area contributed by atoms with E-state index < -0.39 is 11.9 Å². The number of amides is 2. The molecule has 0 unspecified atom stereocenters. The number of hydrogen-bond acceptors (Lipinski definition) is 3. The number of carboxylic acids is 1. The van der Waals surface area contributed by atoms with E-state index in [1.807, 2.05) is 4.90 Å². The summed E-state index contributed by atoms with van der Waals surface area (Å²) in [5, 5.41) is 11.9. The Kier molecular flexibility index (Phi) is 5.78. The fraction of sp³-hybridized carbons (Fsp3) is 0.318. The second kappa shape index (κ2) is 8.25. The maximum Gasteiger partial charge on any atom is 0.335 e. The summed E-state index contributed by atoms with van der Waals surface area (Å²) in [4.78, 5) is 38.1. The van der Waals surface area contributed by atoms with Crippen LogP contribution >= 0.6 is 0 Å². The van der Waals surface area contributed by atoms with E-state index in [0.29, 0.717) is 22.7 Å². The molecule has 2 N–H and O–H groups in total. The molecule has 2 aromatic carbocycles. The number of nitrogens with one attached hydrogen (secondary N) is 1. The van der Waals surface area contributed by atoms with Crippen molar-refractivity contribution in [2.45, 2.75) is 26.7 Å². The zero-order valence-corrected chi connectivity index (χ0v) is 16.1. The molecule has 1 aliphatic rings. The highest BCUT2D eigenvalue weighted by Crippen LogP contribution is 2.19. The summed E-state index contributed by atoms with van der Waals surface area (Å²) in [5.41, 5.74) is 2.19. The smallest absolute Gasteiger partial charge is 0.335 e. The molecule has 3 rings (SSSR count). The van der Waals surface area contributed by atoms with Crippen LogP contribution < -0.4 is 5.32 Å². The van der Waals surface area contributed by atoms with E-state index in [-0.39, 0.29) is 17.0 Å². The van der Waals surface area contributed by atoms with Crippen molar-refractivity contribution >= 4 is 23.5 Å². The number of carbonyl (C=O) groups is 3. The lowest BCUT2D eigenvalue weighted by atomic mass is 9.98. The van der Waals surface area contributed by atoms with Crippen molar-refractivity contribution in [3.63, 3.8) is 0 Å². The molecule has 2 amide bonds. The zero-order valence-electron chi connectivity index (χ0n) is 16.1. The zero-order chi connectivity index (χ0) is 20.3. The molecule has 0 radical (unpaired) electrons. The molecule has 1 saturated heterocycles. The first-order chi connectivity index (χ1) is 13.3. The van der Waals surface area contributed by atoms with Crippen LogP contribution in [0.3, 0.4) is 0 Å². The van der Waals surface area contributed by atoms with Gasteiger partial charge in [0.05, 0.1) is 5.56 Å². The third-order valence-corrected chi connectivity index (χ3v) is 5.05. The van der Waals surface area contributed by atoms with Crippen LogP contribution in [0.15, 0.2) is 42.5 Å². The first-order valence-corrected chi connectivity index (χ1v) is 9.39. The number of hydrogen-bond donors (Lipinski definition) is 2. The Bertz CT molecular complexity index is 897. The van der Waals surface area contributed by atoms with Crippen LogP contribution in [0.2, 0.25) is 0 Å². The minimum Gasteiger partial charge on any atom is -0.478 e. The number of benzene rings is 2. The van der Waals surface area contributed by atoms with Crippen LogP contribution in [0, 0.1) is 12.8 Å². The van der Waals surface area contributed by atoms with E-state index in [1.54, 1.807) is 37.3 Å². The van der Waals surface area contributed by atoms with E-state index in [9.17, 15) is 14.4 Å². The maximum absolute atomic E-state index is 12.6. The Morgan fingerprint density at radius 3 is 2.18 bits per heavy atom. The quantitative estimate of drug-likeness (QED) is 0.844. The normalized spacial score (nSPS) is 14.6. The summed E-state index contributed by atoms with van der Waals surface area (Å²) in [5.74, 6) is -0.803. The predicted molar refractivity (Wildman–Crippen MR) is 107 cm³/mol. The maximum atomic E-state index is 12.6. The largest absolute Gasteiger partial charge is 0.478 e. The molecule has 6 nitrogen and oxygen atoms in total. The summed E-state index contributed by atoms with van der Waals surface area (Å²) >= 11 is 0. The number of aryl methyl sites for hydroxylation is 1. The Morgan fingerprint density at radius 2 is 1.57 bits per heavy atom. The van der Waals surface area contributed by atoms with Crippen molar-refractivity contribution in [3.05, 3.63) is 64.7 Å². The van der Waals surface area contributed by atoms with Gasteiger partial charge >= 0.3 is 5.97 Å². The molecular formula is C22H24N2O4. The van der Waals surface area contributed by atoms with Crippen molar-refractivity contribution < 1.29 is 19.5 Å². The van der Waals surface area contributed by atoms with Gasteiger partial charge in [0.2, 0.25) is 0 Å². The average Bonchev–Trinajstić information content (AvgIpc) is 2.68. The molecule has 0 bridgehead atoms. The molecule has 0 atom stereocenters. The molecule has 0 saturated carbocycles. The molecule has 146 valence electrons. The van der Waals surface area contributed by atoms with Crippen LogP contribution in [0.5, 0.6) is 0 Å². The topological polar surface area (TPSA) is 86.7 Å². The van der Waals surface area contributed by atoms with E-state index in [0.717, 1.165) is 25.9 Å². The number of carboxylic acid groups (broad SMARTS) is 1. The summed E-state index contributed by atoms with van der Waals surface area (Å²) in [6, 6.07) is 11.3. The monoisotopic (exact) mass is 380 g/mol. The molecule has 6 heteroatoms. The molecule has 1 fully saturated rings. The Balaban J connectivity index is 1.68. The second-order valence-electron chi connectivity index (χ2n) is 7.40. The van der Waals surface area contributed by atoms with Gasteiger partial charge in [0, 0.05) is 29.9 Å². The summed E-state index contributed by atoms with van der Waals surface area (Å²) in [7, 11) is 0. The first kappa shape index (κ1) is 19.6.